The van der Waals surface area contributed by atoms with Crippen LogP contribution in [-0.4, -0.2) is 19.0 Å². The summed E-state index contributed by atoms with van der Waals surface area (Å²) >= 11 is 0. The summed E-state index contributed by atoms with van der Waals surface area (Å²) in [5.41, 5.74) is 3.06. The van der Waals surface area contributed by atoms with E-state index in [1.54, 1.807) is 7.05 Å². The molecule has 3 heteroatoms. The molecule has 0 bridgehead atoms. The maximum Gasteiger partial charge on any atom is 0.251 e. The highest BCUT2D eigenvalue weighted by Gasteiger charge is 2.08. The molecule has 110 valence electrons. The van der Waals surface area contributed by atoms with Gasteiger partial charge in [0.15, 0.2) is 0 Å². The summed E-state index contributed by atoms with van der Waals surface area (Å²) in [5, 5.41) is 6.16. The van der Waals surface area contributed by atoms with Crippen LogP contribution in [0.1, 0.15) is 29.3 Å². The summed E-state index contributed by atoms with van der Waals surface area (Å²) in [5.74, 6) is -0.0575. The van der Waals surface area contributed by atoms with Crippen molar-refractivity contribution in [2.24, 2.45) is 0 Å². The van der Waals surface area contributed by atoms with Crippen molar-refractivity contribution in [3.8, 4) is 0 Å². The number of anilines is 1. The third-order valence-corrected chi connectivity index (χ3v) is 3.56. The van der Waals surface area contributed by atoms with Gasteiger partial charge >= 0.3 is 0 Å². The van der Waals surface area contributed by atoms with Gasteiger partial charge in [-0.15, -0.1) is 0 Å². The number of amides is 1. The summed E-state index contributed by atoms with van der Waals surface area (Å²) in [6, 6.07) is 18.5. The van der Waals surface area contributed by atoms with E-state index in [9.17, 15) is 4.79 Å². The van der Waals surface area contributed by atoms with Crippen molar-refractivity contribution < 1.29 is 4.79 Å². The molecule has 2 rings (SSSR count). The first-order valence-electron chi connectivity index (χ1n) is 7.35. The lowest BCUT2D eigenvalue weighted by Crippen LogP contribution is -2.21. The van der Waals surface area contributed by atoms with Crippen molar-refractivity contribution in [3.63, 3.8) is 0 Å². The molecule has 0 aromatic heterocycles. The minimum atomic E-state index is -0.0575. The fourth-order valence-electron chi connectivity index (χ4n) is 2.29. The molecule has 1 amide bonds. The smallest absolute Gasteiger partial charge is 0.251 e. The van der Waals surface area contributed by atoms with Gasteiger partial charge in [0.1, 0.15) is 0 Å². The zero-order valence-corrected chi connectivity index (χ0v) is 12.6. The molecule has 1 unspecified atom stereocenters. The van der Waals surface area contributed by atoms with Gasteiger partial charge in [0.2, 0.25) is 0 Å². The van der Waals surface area contributed by atoms with Crippen molar-refractivity contribution in [1.29, 1.82) is 0 Å². The SMILES string of the molecule is CCC(Cc1ccccc1)Nc1ccc(C(=O)NC)cc1. The molecule has 0 heterocycles. The van der Waals surface area contributed by atoms with Gasteiger partial charge in [-0.05, 0) is 42.7 Å². The van der Waals surface area contributed by atoms with Gasteiger partial charge in [-0.25, -0.2) is 0 Å². The van der Waals surface area contributed by atoms with E-state index in [4.69, 9.17) is 0 Å². The number of nitrogens with one attached hydrogen (secondary N) is 2. The lowest BCUT2D eigenvalue weighted by molar-refractivity contribution is 0.0963. The average Bonchev–Trinajstić information content (AvgIpc) is 2.55. The van der Waals surface area contributed by atoms with E-state index in [0.717, 1.165) is 18.5 Å². The maximum atomic E-state index is 11.5. The number of carbonyl (C=O) groups is 1. The lowest BCUT2D eigenvalue weighted by Gasteiger charge is -2.18. The quantitative estimate of drug-likeness (QED) is 0.851. The number of hydrogen-bond donors (Lipinski definition) is 2. The molecule has 0 aliphatic heterocycles. The van der Waals surface area contributed by atoms with Crippen LogP contribution in [-0.2, 0) is 6.42 Å². The number of hydrogen-bond acceptors (Lipinski definition) is 2. The highest BCUT2D eigenvalue weighted by atomic mass is 16.1. The van der Waals surface area contributed by atoms with E-state index < -0.39 is 0 Å². The molecule has 0 spiro atoms. The Morgan fingerprint density at radius 3 is 2.29 bits per heavy atom. The van der Waals surface area contributed by atoms with Crippen LogP contribution in [0.15, 0.2) is 54.6 Å². The van der Waals surface area contributed by atoms with Gasteiger partial charge in [-0.2, -0.15) is 0 Å². The molecule has 2 aromatic rings. The summed E-state index contributed by atoms with van der Waals surface area (Å²) in [7, 11) is 1.64. The first-order valence-corrected chi connectivity index (χ1v) is 7.35. The molecule has 0 saturated heterocycles. The Labute approximate surface area is 126 Å². The molecule has 0 aliphatic rings. The molecule has 0 fully saturated rings. The first kappa shape index (κ1) is 15.1. The summed E-state index contributed by atoms with van der Waals surface area (Å²) in [6.07, 6.45) is 2.04. The van der Waals surface area contributed by atoms with E-state index in [1.807, 2.05) is 30.3 Å². The third-order valence-electron chi connectivity index (χ3n) is 3.56. The molecule has 2 N–H and O–H groups in total. The van der Waals surface area contributed by atoms with Crippen molar-refractivity contribution in [2.75, 3.05) is 12.4 Å². The van der Waals surface area contributed by atoms with Gasteiger partial charge in [0.05, 0.1) is 0 Å². The Balaban J connectivity index is 2.00. The summed E-state index contributed by atoms with van der Waals surface area (Å²) < 4.78 is 0. The third kappa shape index (κ3) is 4.35. The van der Waals surface area contributed by atoms with Crippen LogP contribution >= 0.6 is 0 Å². The Morgan fingerprint density at radius 2 is 1.71 bits per heavy atom. The van der Waals surface area contributed by atoms with Crippen LogP contribution < -0.4 is 10.6 Å². The molecule has 0 saturated carbocycles. The van der Waals surface area contributed by atoms with Gasteiger partial charge in [0.25, 0.3) is 5.91 Å². The summed E-state index contributed by atoms with van der Waals surface area (Å²) in [4.78, 5) is 11.5. The first-order chi connectivity index (χ1) is 10.2. The minimum absolute atomic E-state index is 0.0575. The summed E-state index contributed by atoms with van der Waals surface area (Å²) in [6.45, 7) is 2.18. The molecular formula is C18H22N2O. The van der Waals surface area contributed by atoms with Gasteiger partial charge in [-0.1, -0.05) is 37.3 Å². The molecule has 3 nitrogen and oxygen atoms in total. The minimum Gasteiger partial charge on any atom is -0.382 e. The Bertz CT molecular complexity index is 564. The zero-order valence-electron chi connectivity index (χ0n) is 12.6. The number of benzene rings is 2. The normalized spacial score (nSPS) is 11.7. The Morgan fingerprint density at radius 1 is 1.05 bits per heavy atom. The van der Waals surface area contributed by atoms with Crippen LogP contribution in [0.25, 0.3) is 0 Å². The van der Waals surface area contributed by atoms with E-state index in [2.05, 4.69) is 41.8 Å². The second kappa shape index (κ2) is 7.48. The molecule has 21 heavy (non-hydrogen) atoms. The van der Waals surface area contributed by atoms with Crippen LogP contribution in [0.2, 0.25) is 0 Å². The molecule has 2 aromatic carbocycles. The van der Waals surface area contributed by atoms with Crippen molar-refractivity contribution in [3.05, 3.63) is 65.7 Å². The largest absolute Gasteiger partial charge is 0.382 e. The van der Waals surface area contributed by atoms with Crippen LogP contribution in [0.4, 0.5) is 5.69 Å². The van der Waals surface area contributed by atoms with Crippen LogP contribution in [0.5, 0.6) is 0 Å². The van der Waals surface area contributed by atoms with E-state index in [-0.39, 0.29) is 5.91 Å². The van der Waals surface area contributed by atoms with Gasteiger partial charge in [-0.3, -0.25) is 4.79 Å². The van der Waals surface area contributed by atoms with E-state index in [0.29, 0.717) is 11.6 Å². The zero-order chi connectivity index (χ0) is 15.1. The topological polar surface area (TPSA) is 41.1 Å². The van der Waals surface area contributed by atoms with Crippen LogP contribution in [0, 0.1) is 0 Å². The monoisotopic (exact) mass is 282 g/mol. The molecular weight excluding hydrogens is 260 g/mol. The second-order valence-electron chi connectivity index (χ2n) is 5.10. The van der Waals surface area contributed by atoms with Gasteiger partial charge in [0, 0.05) is 24.3 Å². The van der Waals surface area contributed by atoms with Crippen molar-refractivity contribution in [1.82, 2.24) is 5.32 Å². The molecule has 1 atom stereocenters. The molecule has 0 radical (unpaired) electrons. The van der Waals surface area contributed by atoms with Crippen LogP contribution in [0.3, 0.4) is 0 Å². The van der Waals surface area contributed by atoms with Gasteiger partial charge < -0.3 is 10.6 Å². The fraction of sp³-hybridized carbons (Fsp3) is 0.278. The van der Waals surface area contributed by atoms with E-state index in [1.165, 1.54) is 5.56 Å². The number of rotatable bonds is 6. The molecule has 0 aliphatic carbocycles. The predicted molar refractivity (Wildman–Crippen MR) is 87.7 cm³/mol. The Kier molecular flexibility index (Phi) is 5.38. The highest BCUT2D eigenvalue weighted by molar-refractivity contribution is 5.94. The fourth-order valence-corrected chi connectivity index (χ4v) is 2.29. The second-order valence-corrected chi connectivity index (χ2v) is 5.10. The lowest BCUT2D eigenvalue weighted by atomic mass is 10.0. The average molecular weight is 282 g/mol. The van der Waals surface area contributed by atoms with E-state index >= 15 is 0 Å². The van der Waals surface area contributed by atoms with Crippen molar-refractivity contribution >= 4 is 11.6 Å². The standard InChI is InChI=1S/C18H22N2O/c1-3-16(13-14-7-5-4-6-8-14)20-17-11-9-15(10-12-17)18(21)19-2/h4-12,16,20H,3,13H2,1-2H3,(H,19,21). The predicted octanol–water partition coefficient (Wildman–Crippen LogP) is 3.48. The Hall–Kier alpha value is -2.29. The maximum absolute atomic E-state index is 11.5. The highest BCUT2D eigenvalue weighted by Crippen LogP contribution is 2.14. The number of carbonyl (C=O) groups excluding carboxylic acids is 1. The van der Waals surface area contributed by atoms with Crippen molar-refractivity contribution in [2.45, 2.75) is 25.8 Å².